The average Bonchev–Trinajstić information content (AvgIpc) is 2.90. The second kappa shape index (κ2) is 7.44. The van der Waals surface area contributed by atoms with Gasteiger partial charge in [-0.3, -0.25) is 4.79 Å². The largest absolute Gasteiger partial charge is 0.464 e. The van der Waals surface area contributed by atoms with Crippen molar-refractivity contribution < 1.29 is 19.1 Å². The first-order chi connectivity index (χ1) is 10.5. The molecule has 1 aromatic carbocycles. The van der Waals surface area contributed by atoms with E-state index in [1.807, 2.05) is 31.2 Å². The summed E-state index contributed by atoms with van der Waals surface area (Å²) >= 11 is 0. The van der Waals surface area contributed by atoms with Crippen LogP contribution in [0, 0.1) is 10.1 Å². The van der Waals surface area contributed by atoms with Gasteiger partial charge in [-0.2, -0.15) is 0 Å². The van der Waals surface area contributed by atoms with E-state index < -0.39 is 5.09 Å². The maximum absolute atomic E-state index is 11.7. The number of fused-ring (bicyclic) bond motifs is 1. The molecule has 0 aliphatic carbocycles. The van der Waals surface area contributed by atoms with Crippen molar-refractivity contribution in [2.75, 3.05) is 6.61 Å². The lowest BCUT2D eigenvalue weighted by molar-refractivity contribution is -0.757. The van der Waals surface area contributed by atoms with E-state index in [-0.39, 0.29) is 25.0 Å². The maximum Gasteiger partial charge on any atom is 0.294 e. The molecule has 118 valence electrons. The van der Waals surface area contributed by atoms with Gasteiger partial charge in [0.15, 0.2) is 0 Å². The number of hydrogen-bond acceptors (Lipinski definition) is 5. The van der Waals surface area contributed by atoms with Crippen molar-refractivity contribution in [3.8, 4) is 0 Å². The van der Waals surface area contributed by atoms with Crippen LogP contribution in [0.15, 0.2) is 34.9 Å². The van der Waals surface area contributed by atoms with Crippen LogP contribution < -0.4 is 5.32 Å². The molecule has 1 heterocycles. The van der Waals surface area contributed by atoms with Crippen molar-refractivity contribution in [2.45, 2.75) is 32.2 Å². The van der Waals surface area contributed by atoms with Crippen LogP contribution in [-0.2, 0) is 16.1 Å². The van der Waals surface area contributed by atoms with Gasteiger partial charge >= 0.3 is 0 Å². The summed E-state index contributed by atoms with van der Waals surface area (Å²) in [5, 5.41) is 13.0. The Hall–Kier alpha value is -2.57. The van der Waals surface area contributed by atoms with Gasteiger partial charge in [0.25, 0.3) is 5.09 Å². The standard InChI is InChI=1S/C15H18N2O5/c1-11(16-15(18)3-2-7-22-17(19)20)9-12-4-5-13-6-8-21-14(13)10-12/h4-6,8,10-11H,2-3,7,9H2,1H3,(H,16,18). The number of benzene rings is 1. The quantitative estimate of drug-likeness (QED) is 0.459. The molecule has 1 N–H and O–H groups in total. The molecule has 0 fully saturated rings. The normalized spacial score (nSPS) is 12.0. The van der Waals surface area contributed by atoms with Crippen LogP contribution in [0.2, 0.25) is 0 Å². The molecule has 2 aromatic rings. The van der Waals surface area contributed by atoms with Gasteiger partial charge < -0.3 is 14.6 Å². The molecule has 22 heavy (non-hydrogen) atoms. The number of nitrogens with zero attached hydrogens (tertiary/aromatic N) is 1. The molecule has 1 atom stereocenters. The predicted octanol–water partition coefficient (Wildman–Crippen LogP) is 2.47. The lowest BCUT2D eigenvalue weighted by Crippen LogP contribution is -2.34. The fourth-order valence-electron chi connectivity index (χ4n) is 2.25. The van der Waals surface area contributed by atoms with Gasteiger partial charge in [-0.1, -0.05) is 12.1 Å². The SMILES string of the molecule is CC(Cc1ccc2ccoc2c1)NC(=O)CCCO[N+](=O)[O-]. The monoisotopic (exact) mass is 306 g/mol. The van der Waals surface area contributed by atoms with E-state index in [1.54, 1.807) is 6.26 Å². The summed E-state index contributed by atoms with van der Waals surface area (Å²) in [6.45, 7) is 1.85. The zero-order chi connectivity index (χ0) is 15.9. The molecule has 0 bridgehead atoms. The van der Waals surface area contributed by atoms with Gasteiger partial charge in [-0.15, -0.1) is 10.1 Å². The Morgan fingerprint density at radius 2 is 2.27 bits per heavy atom. The number of carbonyl (C=O) groups is 1. The number of amides is 1. The van der Waals surface area contributed by atoms with Crippen LogP contribution >= 0.6 is 0 Å². The van der Waals surface area contributed by atoms with E-state index in [0.29, 0.717) is 12.8 Å². The third kappa shape index (κ3) is 4.76. The number of carbonyl (C=O) groups excluding carboxylic acids is 1. The molecule has 0 aliphatic heterocycles. The third-order valence-corrected chi connectivity index (χ3v) is 3.21. The lowest BCUT2D eigenvalue weighted by atomic mass is 10.1. The Morgan fingerprint density at radius 3 is 3.05 bits per heavy atom. The van der Waals surface area contributed by atoms with Crippen molar-refractivity contribution in [3.63, 3.8) is 0 Å². The number of rotatable bonds is 8. The highest BCUT2D eigenvalue weighted by Crippen LogP contribution is 2.17. The fourth-order valence-corrected chi connectivity index (χ4v) is 2.25. The zero-order valence-electron chi connectivity index (χ0n) is 12.3. The summed E-state index contributed by atoms with van der Waals surface area (Å²) in [5.41, 5.74) is 1.90. The smallest absolute Gasteiger partial charge is 0.294 e. The van der Waals surface area contributed by atoms with Crippen molar-refractivity contribution in [1.82, 2.24) is 5.32 Å². The molecule has 7 heteroatoms. The molecule has 1 unspecified atom stereocenters. The molecular formula is C15H18N2O5. The van der Waals surface area contributed by atoms with Gasteiger partial charge in [0.1, 0.15) is 5.58 Å². The first kappa shape index (κ1) is 15.8. The molecule has 1 aromatic heterocycles. The van der Waals surface area contributed by atoms with E-state index in [2.05, 4.69) is 10.2 Å². The summed E-state index contributed by atoms with van der Waals surface area (Å²) in [6, 6.07) is 7.82. The Kier molecular flexibility index (Phi) is 5.35. The molecule has 7 nitrogen and oxygen atoms in total. The summed E-state index contributed by atoms with van der Waals surface area (Å²) in [6.07, 6.45) is 2.85. The zero-order valence-corrected chi connectivity index (χ0v) is 12.3. The predicted molar refractivity (Wildman–Crippen MR) is 79.7 cm³/mol. The van der Waals surface area contributed by atoms with E-state index in [9.17, 15) is 14.9 Å². The maximum atomic E-state index is 11.7. The Bertz CT molecular complexity index is 652. The van der Waals surface area contributed by atoms with Crippen molar-refractivity contribution in [2.24, 2.45) is 0 Å². The molecule has 0 saturated heterocycles. The summed E-state index contributed by atoms with van der Waals surface area (Å²) in [5.74, 6) is -0.140. The highest BCUT2D eigenvalue weighted by molar-refractivity contribution is 5.78. The Balaban J connectivity index is 1.75. The van der Waals surface area contributed by atoms with Crippen LogP contribution in [0.1, 0.15) is 25.3 Å². The van der Waals surface area contributed by atoms with E-state index in [1.165, 1.54) is 0 Å². The topological polar surface area (TPSA) is 94.6 Å². The van der Waals surface area contributed by atoms with E-state index in [0.717, 1.165) is 16.5 Å². The highest BCUT2D eigenvalue weighted by Gasteiger charge is 2.09. The Morgan fingerprint density at radius 1 is 1.45 bits per heavy atom. The Labute approximate surface area is 127 Å². The molecular weight excluding hydrogens is 288 g/mol. The second-order valence-electron chi connectivity index (χ2n) is 5.13. The third-order valence-electron chi connectivity index (χ3n) is 3.21. The van der Waals surface area contributed by atoms with Gasteiger partial charge in [0.2, 0.25) is 5.91 Å². The highest BCUT2D eigenvalue weighted by atomic mass is 16.9. The summed E-state index contributed by atoms with van der Waals surface area (Å²) in [4.78, 5) is 25.8. The van der Waals surface area contributed by atoms with Gasteiger partial charge in [-0.25, -0.2) is 0 Å². The fraction of sp³-hybridized carbons (Fsp3) is 0.400. The van der Waals surface area contributed by atoms with Crippen LogP contribution in [0.4, 0.5) is 0 Å². The van der Waals surface area contributed by atoms with Crippen LogP contribution in [0.5, 0.6) is 0 Å². The minimum absolute atomic E-state index is 0.0312. The van der Waals surface area contributed by atoms with Gasteiger partial charge in [0, 0.05) is 17.8 Å². The molecule has 0 saturated carbocycles. The van der Waals surface area contributed by atoms with E-state index in [4.69, 9.17) is 4.42 Å². The number of furan rings is 1. The van der Waals surface area contributed by atoms with Crippen molar-refractivity contribution in [3.05, 3.63) is 46.2 Å². The number of hydrogen-bond donors (Lipinski definition) is 1. The van der Waals surface area contributed by atoms with Crippen molar-refractivity contribution in [1.29, 1.82) is 0 Å². The molecule has 1 amide bonds. The first-order valence-electron chi connectivity index (χ1n) is 7.07. The van der Waals surface area contributed by atoms with E-state index >= 15 is 0 Å². The molecule has 0 radical (unpaired) electrons. The molecule has 0 aliphatic rings. The van der Waals surface area contributed by atoms with Gasteiger partial charge in [-0.05, 0) is 37.5 Å². The summed E-state index contributed by atoms with van der Waals surface area (Å²) < 4.78 is 5.35. The average molecular weight is 306 g/mol. The van der Waals surface area contributed by atoms with Crippen LogP contribution in [0.3, 0.4) is 0 Å². The molecule has 0 spiro atoms. The van der Waals surface area contributed by atoms with Crippen LogP contribution in [0.25, 0.3) is 11.0 Å². The second-order valence-corrected chi connectivity index (χ2v) is 5.13. The first-order valence-corrected chi connectivity index (χ1v) is 7.07. The molecule has 2 rings (SSSR count). The lowest BCUT2D eigenvalue weighted by Gasteiger charge is -2.14. The number of nitrogens with one attached hydrogen (secondary N) is 1. The minimum Gasteiger partial charge on any atom is -0.464 e. The van der Waals surface area contributed by atoms with Crippen LogP contribution in [-0.4, -0.2) is 23.6 Å². The van der Waals surface area contributed by atoms with Crippen molar-refractivity contribution >= 4 is 16.9 Å². The van der Waals surface area contributed by atoms with Gasteiger partial charge in [0.05, 0.1) is 12.9 Å². The summed E-state index contributed by atoms with van der Waals surface area (Å²) in [7, 11) is 0. The minimum atomic E-state index is -0.856.